The van der Waals surface area contributed by atoms with Gasteiger partial charge in [-0.25, -0.2) is 4.79 Å². The lowest BCUT2D eigenvalue weighted by atomic mass is 10.1. The molecule has 1 heterocycles. The van der Waals surface area contributed by atoms with E-state index in [-0.39, 0.29) is 11.9 Å². The number of aromatic nitrogens is 2. The average Bonchev–Trinajstić information content (AvgIpc) is 3.04. The summed E-state index contributed by atoms with van der Waals surface area (Å²) in [6.07, 6.45) is 3.60. The van der Waals surface area contributed by atoms with Gasteiger partial charge in [0.1, 0.15) is 0 Å². The Morgan fingerprint density at radius 2 is 2.12 bits per heavy atom. The van der Waals surface area contributed by atoms with E-state index in [2.05, 4.69) is 15.7 Å². The molecular weight excluding hydrogens is 334 g/mol. The van der Waals surface area contributed by atoms with Gasteiger partial charge in [-0.3, -0.25) is 9.48 Å². The van der Waals surface area contributed by atoms with E-state index in [0.29, 0.717) is 30.9 Å². The van der Waals surface area contributed by atoms with Crippen LogP contribution in [0.5, 0.6) is 0 Å². The van der Waals surface area contributed by atoms with Crippen LogP contribution in [0.4, 0.5) is 10.5 Å². The summed E-state index contributed by atoms with van der Waals surface area (Å²) in [6, 6.07) is 4.93. The smallest absolute Gasteiger partial charge is 0.322 e. The number of urea groups is 1. The van der Waals surface area contributed by atoms with Crippen molar-refractivity contribution in [2.45, 2.75) is 13.5 Å². The molecule has 0 fully saturated rings. The molecular formula is C18H25N5O3. The molecule has 140 valence electrons. The van der Waals surface area contributed by atoms with Crippen molar-refractivity contribution in [3.8, 4) is 0 Å². The Labute approximate surface area is 153 Å². The number of carbonyl (C=O) groups excluding carboxylic acids is 2. The summed E-state index contributed by atoms with van der Waals surface area (Å²) < 4.78 is 6.80. The van der Waals surface area contributed by atoms with Crippen molar-refractivity contribution >= 4 is 17.6 Å². The number of carbonyl (C=O) groups is 2. The average molecular weight is 359 g/mol. The van der Waals surface area contributed by atoms with Crippen molar-refractivity contribution in [2.75, 3.05) is 32.6 Å². The van der Waals surface area contributed by atoms with Gasteiger partial charge in [0, 0.05) is 50.8 Å². The Balaban J connectivity index is 2.11. The van der Waals surface area contributed by atoms with Crippen LogP contribution in [0.3, 0.4) is 0 Å². The molecule has 0 bridgehead atoms. The molecule has 1 aromatic carbocycles. The van der Waals surface area contributed by atoms with Crippen molar-refractivity contribution < 1.29 is 14.3 Å². The van der Waals surface area contributed by atoms with E-state index in [9.17, 15) is 9.59 Å². The van der Waals surface area contributed by atoms with E-state index >= 15 is 0 Å². The minimum atomic E-state index is -0.235. The third kappa shape index (κ3) is 5.06. The number of amides is 3. The Kier molecular flexibility index (Phi) is 6.74. The van der Waals surface area contributed by atoms with Gasteiger partial charge in [0.15, 0.2) is 0 Å². The highest BCUT2D eigenvalue weighted by Crippen LogP contribution is 2.18. The molecule has 1 aromatic heterocycles. The van der Waals surface area contributed by atoms with E-state index in [0.717, 1.165) is 11.1 Å². The van der Waals surface area contributed by atoms with Crippen LogP contribution in [-0.4, -0.2) is 53.9 Å². The maximum Gasteiger partial charge on any atom is 0.322 e. The lowest BCUT2D eigenvalue weighted by Crippen LogP contribution is -2.37. The van der Waals surface area contributed by atoms with Crippen LogP contribution < -0.4 is 10.6 Å². The first-order chi connectivity index (χ1) is 12.4. The van der Waals surface area contributed by atoms with Crippen LogP contribution in [-0.2, 0) is 18.3 Å². The highest BCUT2D eigenvalue weighted by Gasteiger charge is 2.16. The summed E-state index contributed by atoms with van der Waals surface area (Å²) in [5.74, 6) is -0.163. The van der Waals surface area contributed by atoms with Crippen LogP contribution in [0.2, 0.25) is 0 Å². The SMILES string of the molecule is CNC(=O)c1ccc(NC(=O)N(CCOC)Cc2cnn(C)c2)c(C)c1. The molecule has 2 aromatic rings. The van der Waals surface area contributed by atoms with Gasteiger partial charge < -0.3 is 20.3 Å². The number of methoxy groups -OCH3 is 1. The van der Waals surface area contributed by atoms with E-state index < -0.39 is 0 Å². The van der Waals surface area contributed by atoms with Gasteiger partial charge in [0.2, 0.25) is 0 Å². The number of aryl methyl sites for hydroxylation is 2. The Bertz CT molecular complexity index is 772. The molecule has 0 aliphatic heterocycles. The fourth-order valence-corrected chi connectivity index (χ4v) is 2.51. The second-order valence-electron chi connectivity index (χ2n) is 5.98. The van der Waals surface area contributed by atoms with Crippen molar-refractivity contribution in [1.29, 1.82) is 0 Å². The Hall–Kier alpha value is -2.87. The number of anilines is 1. The lowest BCUT2D eigenvalue weighted by Gasteiger charge is -2.23. The number of nitrogens with one attached hydrogen (secondary N) is 2. The fourth-order valence-electron chi connectivity index (χ4n) is 2.51. The number of hydrogen-bond acceptors (Lipinski definition) is 4. The molecule has 3 amide bonds. The normalized spacial score (nSPS) is 10.5. The zero-order valence-corrected chi connectivity index (χ0v) is 15.6. The molecule has 2 rings (SSSR count). The minimum absolute atomic E-state index is 0.163. The second kappa shape index (κ2) is 9.00. The standard InChI is InChI=1S/C18H25N5O3/c1-13-9-15(17(24)19-2)5-6-16(13)21-18(25)23(7-8-26-4)12-14-10-20-22(3)11-14/h5-6,9-11H,7-8,12H2,1-4H3,(H,19,24)(H,21,25). The molecule has 8 nitrogen and oxygen atoms in total. The quantitative estimate of drug-likeness (QED) is 0.789. The molecule has 0 radical (unpaired) electrons. The first-order valence-electron chi connectivity index (χ1n) is 8.29. The van der Waals surface area contributed by atoms with Crippen LogP contribution in [0.15, 0.2) is 30.6 Å². The monoisotopic (exact) mass is 359 g/mol. The van der Waals surface area contributed by atoms with E-state index in [4.69, 9.17) is 4.74 Å². The third-order valence-electron chi connectivity index (χ3n) is 3.94. The molecule has 0 spiro atoms. The van der Waals surface area contributed by atoms with Gasteiger partial charge >= 0.3 is 6.03 Å². The molecule has 26 heavy (non-hydrogen) atoms. The van der Waals surface area contributed by atoms with E-state index in [1.165, 1.54) is 0 Å². The summed E-state index contributed by atoms with van der Waals surface area (Å²) in [5, 5.41) is 9.62. The van der Waals surface area contributed by atoms with Gasteiger partial charge in [-0.15, -0.1) is 0 Å². The van der Waals surface area contributed by atoms with Crippen LogP contribution in [0.25, 0.3) is 0 Å². The predicted octanol–water partition coefficient (Wildman–Crippen LogP) is 1.77. The number of ether oxygens (including phenoxy) is 1. The second-order valence-corrected chi connectivity index (χ2v) is 5.98. The van der Waals surface area contributed by atoms with Gasteiger partial charge in [0.05, 0.1) is 19.3 Å². The van der Waals surface area contributed by atoms with Crippen LogP contribution in [0.1, 0.15) is 21.5 Å². The number of nitrogens with zero attached hydrogens (tertiary/aromatic N) is 3. The van der Waals surface area contributed by atoms with Crippen molar-refractivity contribution in [3.63, 3.8) is 0 Å². The number of hydrogen-bond donors (Lipinski definition) is 2. The lowest BCUT2D eigenvalue weighted by molar-refractivity contribution is 0.0963. The molecule has 0 unspecified atom stereocenters. The van der Waals surface area contributed by atoms with Gasteiger partial charge in [-0.05, 0) is 30.7 Å². The van der Waals surface area contributed by atoms with Gasteiger partial charge in [-0.2, -0.15) is 5.10 Å². The van der Waals surface area contributed by atoms with Crippen molar-refractivity contribution in [1.82, 2.24) is 20.0 Å². The topological polar surface area (TPSA) is 88.5 Å². The van der Waals surface area contributed by atoms with Crippen molar-refractivity contribution in [2.24, 2.45) is 7.05 Å². The molecule has 0 aliphatic carbocycles. The molecule has 0 saturated carbocycles. The molecule has 0 aliphatic rings. The zero-order valence-electron chi connectivity index (χ0n) is 15.6. The Morgan fingerprint density at radius 1 is 1.35 bits per heavy atom. The first-order valence-corrected chi connectivity index (χ1v) is 8.29. The van der Waals surface area contributed by atoms with E-state index in [1.807, 2.05) is 20.2 Å². The maximum atomic E-state index is 12.7. The third-order valence-corrected chi connectivity index (χ3v) is 3.94. The summed E-state index contributed by atoms with van der Waals surface area (Å²) in [7, 11) is 5.02. The maximum absolute atomic E-state index is 12.7. The van der Waals surface area contributed by atoms with Gasteiger partial charge in [0.25, 0.3) is 5.91 Å². The van der Waals surface area contributed by atoms with E-state index in [1.54, 1.807) is 48.1 Å². The molecule has 0 saturated heterocycles. The van der Waals surface area contributed by atoms with Crippen LogP contribution >= 0.6 is 0 Å². The highest BCUT2D eigenvalue weighted by molar-refractivity contribution is 5.96. The van der Waals surface area contributed by atoms with Gasteiger partial charge in [-0.1, -0.05) is 0 Å². The fraction of sp³-hybridized carbons (Fsp3) is 0.389. The summed E-state index contributed by atoms with van der Waals surface area (Å²) in [4.78, 5) is 26.1. The molecule has 8 heteroatoms. The summed E-state index contributed by atoms with van der Waals surface area (Å²) >= 11 is 0. The van der Waals surface area contributed by atoms with Crippen molar-refractivity contribution in [3.05, 3.63) is 47.3 Å². The molecule has 0 atom stereocenters. The largest absolute Gasteiger partial charge is 0.383 e. The highest BCUT2D eigenvalue weighted by atomic mass is 16.5. The predicted molar refractivity (Wildman–Crippen MR) is 99.1 cm³/mol. The molecule has 2 N–H and O–H groups in total. The summed E-state index contributed by atoms with van der Waals surface area (Å²) in [6.45, 7) is 3.16. The number of rotatable bonds is 7. The summed E-state index contributed by atoms with van der Waals surface area (Å²) in [5.41, 5.74) is 2.96. The minimum Gasteiger partial charge on any atom is -0.383 e. The number of benzene rings is 1. The Morgan fingerprint density at radius 3 is 2.69 bits per heavy atom. The first kappa shape index (κ1) is 19.5. The zero-order chi connectivity index (χ0) is 19.1. The van der Waals surface area contributed by atoms with Crippen LogP contribution in [0, 0.1) is 6.92 Å².